The minimum atomic E-state index is -0.298. The molecule has 2 N–H and O–H groups in total. The van der Waals surface area contributed by atoms with Crippen molar-refractivity contribution in [1.82, 2.24) is 0 Å². The zero-order chi connectivity index (χ0) is 15.2. The molecule has 0 amide bonds. The fraction of sp³-hybridized carbons (Fsp3) is 0.588. The summed E-state index contributed by atoms with van der Waals surface area (Å²) in [6.45, 7) is 4.60. The highest BCUT2D eigenvalue weighted by Crippen LogP contribution is 2.30. The Morgan fingerprint density at radius 1 is 1.24 bits per heavy atom. The average molecular weight is 291 g/mol. The van der Waals surface area contributed by atoms with Crippen LogP contribution in [0.4, 0.5) is 5.69 Å². The van der Waals surface area contributed by atoms with Gasteiger partial charge in [0.05, 0.1) is 12.2 Å². The van der Waals surface area contributed by atoms with Gasteiger partial charge < -0.3 is 15.2 Å². The van der Waals surface area contributed by atoms with Crippen molar-refractivity contribution in [3.63, 3.8) is 0 Å². The van der Waals surface area contributed by atoms with Gasteiger partial charge in [-0.25, -0.2) is 4.79 Å². The van der Waals surface area contributed by atoms with Crippen LogP contribution in [0.25, 0.3) is 0 Å². The van der Waals surface area contributed by atoms with Crippen LogP contribution in [0, 0.1) is 5.92 Å². The molecule has 2 atom stereocenters. The predicted octanol–water partition coefficient (Wildman–Crippen LogP) is 3.79. The molecule has 4 heteroatoms. The molecule has 0 bridgehead atoms. The van der Waals surface area contributed by atoms with Gasteiger partial charge in [-0.15, -0.1) is 0 Å². The summed E-state index contributed by atoms with van der Waals surface area (Å²) in [5.41, 5.74) is 6.81. The molecule has 4 nitrogen and oxygen atoms in total. The van der Waals surface area contributed by atoms with Gasteiger partial charge in [-0.3, -0.25) is 0 Å². The predicted molar refractivity (Wildman–Crippen MR) is 83.5 cm³/mol. The molecule has 1 saturated carbocycles. The molecule has 0 saturated heterocycles. The number of nitrogen functional groups attached to an aromatic ring is 1. The number of rotatable bonds is 5. The minimum absolute atomic E-state index is 0.0354. The highest BCUT2D eigenvalue weighted by atomic mass is 16.5. The molecule has 21 heavy (non-hydrogen) atoms. The summed E-state index contributed by atoms with van der Waals surface area (Å²) in [6, 6.07) is 5.07. The maximum absolute atomic E-state index is 12.3. The summed E-state index contributed by atoms with van der Waals surface area (Å²) < 4.78 is 11.1. The van der Waals surface area contributed by atoms with Gasteiger partial charge in [0.2, 0.25) is 0 Å². The van der Waals surface area contributed by atoms with Crippen LogP contribution in [0.15, 0.2) is 18.2 Å². The molecule has 1 aromatic rings. The van der Waals surface area contributed by atoms with Crippen LogP contribution >= 0.6 is 0 Å². The van der Waals surface area contributed by atoms with Crippen LogP contribution in [0.3, 0.4) is 0 Å². The van der Waals surface area contributed by atoms with E-state index in [-0.39, 0.29) is 12.1 Å². The van der Waals surface area contributed by atoms with E-state index in [1.165, 1.54) is 6.42 Å². The number of ether oxygens (including phenoxy) is 2. The second kappa shape index (κ2) is 7.34. The van der Waals surface area contributed by atoms with E-state index in [1.54, 1.807) is 18.2 Å². The Labute approximate surface area is 126 Å². The molecule has 0 aliphatic heterocycles. The lowest BCUT2D eigenvalue weighted by atomic mass is 9.85. The molecule has 0 radical (unpaired) electrons. The quantitative estimate of drug-likeness (QED) is 0.662. The second-order valence-corrected chi connectivity index (χ2v) is 5.62. The number of hydrogen-bond acceptors (Lipinski definition) is 4. The van der Waals surface area contributed by atoms with Crippen molar-refractivity contribution in [2.45, 2.75) is 52.1 Å². The van der Waals surface area contributed by atoms with Crippen molar-refractivity contribution >= 4 is 11.7 Å². The van der Waals surface area contributed by atoms with Crippen molar-refractivity contribution in [1.29, 1.82) is 0 Å². The molecular formula is C17H25NO3. The van der Waals surface area contributed by atoms with Crippen molar-refractivity contribution < 1.29 is 14.3 Å². The Kier molecular flexibility index (Phi) is 5.48. The molecule has 1 fully saturated rings. The topological polar surface area (TPSA) is 61.5 Å². The monoisotopic (exact) mass is 291 g/mol. The average Bonchev–Trinajstić information content (AvgIpc) is 2.47. The van der Waals surface area contributed by atoms with Gasteiger partial charge in [0.25, 0.3) is 0 Å². The van der Waals surface area contributed by atoms with E-state index in [0.717, 1.165) is 25.7 Å². The Morgan fingerprint density at radius 2 is 2.00 bits per heavy atom. The van der Waals surface area contributed by atoms with E-state index in [1.807, 2.05) is 6.92 Å². The van der Waals surface area contributed by atoms with Crippen LogP contribution in [-0.4, -0.2) is 18.7 Å². The van der Waals surface area contributed by atoms with E-state index in [0.29, 0.717) is 29.5 Å². The third-order valence-electron chi connectivity index (χ3n) is 4.10. The fourth-order valence-electron chi connectivity index (χ4n) is 2.99. The van der Waals surface area contributed by atoms with Crippen LogP contribution in [0.5, 0.6) is 5.75 Å². The summed E-state index contributed by atoms with van der Waals surface area (Å²) in [5, 5.41) is 0. The Balaban J connectivity index is 2.08. The summed E-state index contributed by atoms with van der Waals surface area (Å²) in [5.74, 6) is 0.795. The van der Waals surface area contributed by atoms with Crippen LogP contribution < -0.4 is 10.5 Å². The van der Waals surface area contributed by atoms with Crippen LogP contribution in [-0.2, 0) is 4.74 Å². The number of esters is 1. The third-order valence-corrected chi connectivity index (χ3v) is 4.10. The maximum Gasteiger partial charge on any atom is 0.338 e. The van der Waals surface area contributed by atoms with Crippen LogP contribution in [0.1, 0.15) is 56.3 Å². The minimum Gasteiger partial charge on any atom is -0.494 e. The molecule has 1 aliphatic rings. The summed E-state index contributed by atoms with van der Waals surface area (Å²) in [4.78, 5) is 12.3. The van der Waals surface area contributed by atoms with Gasteiger partial charge in [0, 0.05) is 11.8 Å². The molecule has 2 rings (SSSR count). The zero-order valence-electron chi connectivity index (χ0n) is 12.9. The molecule has 1 aliphatic carbocycles. The van der Waals surface area contributed by atoms with E-state index in [4.69, 9.17) is 15.2 Å². The van der Waals surface area contributed by atoms with Gasteiger partial charge in [0.1, 0.15) is 11.9 Å². The lowest BCUT2D eigenvalue weighted by molar-refractivity contribution is 0.000679. The lowest BCUT2D eigenvalue weighted by Crippen LogP contribution is -2.29. The van der Waals surface area contributed by atoms with Crippen molar-refractivity contribution in [2.24, 2.45) is 5.92 Å². The van der Waals surface area contributed by atoms with E-state index in [2.05, 4.69) is 6.92 Å². The largest absolute Gasteiger partial charge is 0.494 e. The van der Waals surface area contributed by atoms with Crippen molar-refractivity contribution in [3.05, 3.63) is 23.8 Å². The molecule has 0 aromatic heterocycles. The number of carbonyl (C=O) groups excluding carboxylic acids is 1. The highest BCUT2D eigenvalue weighted by Gasteiger charge is 2.27. The number of carbonyl (C=O) groups is 1. The van der Waals surface area contributed by atoms with Crippen molar-refractivity contribution in [3.8, 4) is 5.75 Å². The Morgan fingerprint density at radius 3 is 2.71 bits per heavy atom. The number of hydrogen-bond donors (Lipinski definition) is 1. The second-order valence-electron chi connectivity index (χ2n) is 5.62. The van der Waals surface area contributed by atoms with Gasteiger partial charge in [0.15, 0.2) is 0 Å². The molecule has 116 valence electrons. The Hall–Kier alpha value is -1.71. The summed E-state index contributed by atoms with van der Waals surface area (Å²) in [6.07, 6.45) is 5.57. The summed E-state index contributed by atoms with van der Waals surface area (Å²) >= 11 is 0. The smallest absolute Gasteiger partial charge is 0.338 e. The van der Waals surface area contributed by atoms with Crippen molar-refractivity contribution in [2.75, 3.05) is 12.3 Å². The fourth-order valence-corrected chi connectivity index (χ4v) is 2.99. The van der Waals surface area contributed by atoms with E-state index < -0.39 is 0 Å². The van der Waals surface area contributed by atoms with Gasteiger partial charge >= 0.3 is 5.97 Å². The van der Waals surface area contributed by atoms with Gasteiger partial charge in [-0.2, -0.15) is 0 Å². The first-order valence-electron chi connectivity index (χ1n) is 7.88. The number of anilines is 1. The zero-order valence-corrected chi connectivity index (χ0v) is 12.9. The first-order chi connectivity index (χ1) is 10.1. The van der Waals surface area contributed by atoms with E-state index in [9.17, 15) is 4.79 Å². The van der Waals surface area contributed by atoms with Gasteiger partial charge in [-0.05, 0) is 50.7 Å². The first kappa shape index (κ1) is 15.7. The third kappa shape index (κ3) is 4.13. The molecule has 0 spiro atoms. The number of nitrogens with two attached hydrogens (primary N) is 1. The highest BCUT2D eigenvalue weighted by molar-refractivity contribution is 5.91. The lowest BCUT2D eigenvalue weighted by Gasteiger charge is -2.30. The first-order valence-corrected chi connectivity index (χ1v) is 7.88. The number of benzene rings is 1. The molecule has 1 aromatic carbocycles. The SMILES string of the molecule is CCOc1cc(N)cc(C(=O)OC2CCCCC2CC)c1. The van der Waals surface area contributed by atoms with Gasteiger partial charge in [-0.1, -0.05) is 13.3 Å². The normalized spacial score (nSPS) is 21.8. The molecule has 2 unspecified atom stereocenters. The van der Waals surface area contributed by atoms with Crippen LogP contribution in [0.2, 0.25) is 0 Å². The van der Waals surface area contributed by atoms with E-state index >= 15 is 0 Å². The molecule has 0 heterocycles. The molecular weight excluding hydrogens is 266 g/mol. The summed E-state index contributed by atoms with van der Waals surface area (Å²) in [7, 11) is 0. The standard InChI is InChI=1S/C17H25NO3/c1-3-12-7-5-6-8-16(12)21-17(19)13-9-14(18)11-15(10-13)20-4-2/h9-12,16H,3-8,18H2,1-2H3. The maximum atomic E-state index is 12.3. The Bertz CT molecular complexity index is 487.